The summed E-state index contributed by atoms with van der Waals surface area (Å²) in [5.74, 6) is 0.211. The molecule has 0 saturated carbocycles. The Bertz CT molecular complexity index is 1530. The number of ether oxygens (including phenoxy) is 1. The Morgan fingerprint density at radius 2 is 1.85 bits per heavy atom. The Morgan fingerprint density at radius 1 is 1.12 bits per heavy atom. The monoisotopic (exact) mass is 576 g/mol. The lowest BCUT2D eigenvalue weighted by Gasteiger charge is -2.13. The van der Waals surface area contributed by atoms with E-state index in [0.717, 1.165) is 29.7 Å². The van der Waals surface area contributed by atoms with Crippen molar-refractivity contribution in [3.63, 3.8) is 0 Å². The van der Waals surface area contributed by atoms with E-state index in [1.165, 1.54) is 36.3 Å². The molecule has 2 aromatic heterocycles. The predicted octanol–water partition coefficient (Wildman–Crippen LogP) is 6.80. The van der Waals surface area contributed by atoms with E-state index in [0.29, 0.717) is 39.3 Å². The van der Waals surface area contributed by atoms with E-state index in [9.17, 15) is 14.9 Å². The highest BCUT2D eigenvalue weighted by atomic mass is 32.2. The molecule has 4 N–H and O–H groups in total. The molecule has 0 aliphatic rings. The molecule has 0 aliphatic carbocycles. The van der Waals surface area contributed by atoms with Gasteiger partial charge in [-0.25, -0.2) is 14.4 Å². The number of thiazole rings is 1. The number of unbranched alkanes of at least 4 members (excludes halogenated alkanes) is 1. The van der Waals surface area contributed by atoms with Crippen molar-refractivity contribution < 1.29 is 14.2 Å². The van der Waals surface area contributed by atoms with E-state index in [4.69, 9.17) is 15.6 Å². The number of methoxy groups -OCH3 is 1. The Labute approximate surface area is 241 Å². The van der Waals surface area contributed by atoms with Crippen LogP contribution in [0.2, 0.25) is 0 Å². The second-order valence-electron chi connectivity index (χ2n) is 8.50. The number of thioether (sulfide) groups is 1. The Hall–Kier alpha value is -4.16. The Morgan fingerprint density at radius 3 is 2.45 bits per heavy atom. The van der Waals surface area contributed by atoms with Crippen LogP contribution < -0.4 is 15.8 Å². The molecule has 0 unspecified atom stereocenters. The summed E-state index contributed by atoms with van der Waals surface area (Å²) < 4.78 is 18.7. The molecular formula is C29H29FN6O2S2. The molecule has 206 valence electrons. The SMILES string of the molecule is CCCCO.COc1cc(Nc2nc(CSc3nc(N)c(C#N)c(-c4ccc(C)cc4)c3C#N)cs2)ccc1F. The smallest absolute Gasteiger partial charge is 0.187 e. The first-order chi connectivity index (χ1) is 19.3. The summed E-state index contributed by atoms with van der Waals surface area (Å²) in [5.41, 5.74) is 10.3. The zero-order chi connectivity index (χ0) is 29.1. The normalized spacial score (nSPS) is 10.2. The number of aryl methyl sites for hydroxylation is 1. The second-order valence-corrected chi connectivity index (χ2v) is 10.3. The van der Waals surface area contributed by atoms with Crippen LogP contribution in [0, 0.1) is 35.4 Å². The number of hydrogen-bond acceptors (Lipinski definition) is 10. The number of nitrogens with one attached hydrogen (secondary N) is 1. The largest absolute Gasteiger partial charge is 0.494 e. The lowest BCUT2D eigenvalue weighted by atomic mass is 9.96. The maximum Gasteiger partial charge on any atom is 0.187 e. The molecule has 2 aromatic carbocycles. The van der Waals surface area contributed by atoms with E-state index in [2.05, 4.69) is 34.3 Å². The third-order valence-electron chi connectivity index (χ3n) is 5.58. The van der Waals surface area contributed by atoms with Crippen molar-refractivity contribution >= 4 is 39.7 Å². The number of nitrogens with two attached hydrogens (primary N) is 1. The van der Waals surface area contributed by atoms with Crippen LogP contribution in [0.15, 0.2) is 52.9 Å². The highest BCUT2D eigenvalue weighted by Crippen LogP contribution is 2.37. The van der Waals surface area contributed by atoms with Gasteiger partial charge >= 0.3 is 0 Å². The highest BCUT2D eigenvalue weighted by Gasteiger charge is 2.21. The van der Waals surface area contributed by atoms with Gasteiger partial charge in [0.1, 0.15) is 28.5 Å². The van der Waals surface area contributed by atoms with Crippen LogP contribution in [-0.2, 0) is 5.75 Å². The highest BCUT2D eigenvalue weighted by molar-refractivity contribution is 7.98. The van der Waals surface area contributed by atoms with Crippen molar-refractivity contribution in [3.8, 4) is 29.0 Å². The number of anilines is 3. The van der Waals surface area contributed by atoms with Crippen molar-refractivity contribution in [2.24, 2.45) is 0 Å². The molecule has 4 rings (SSSR count). The fourth-order valence-electron chi connectivity index (χ4n) is 3.50. The van der Waals surface area contributed by atoms with E-state index < -0.39 is 5.82 Å². The van der Waals surface area contributed by atoms with Gasteiger partial charge in [0.05, 0.1) is 18.4 Å². The number of nitriles is 2. The second kappa shape index (κ2) is 14.8. The van der Waals surface area contributed by atoms with Crippen molar-refractivity contribution in [1.82, 2.24) is 9.97 Å². The Balaban J connectivity index is 0.000000810. The maximum absolute atomic E-state index is 13.6. The van der Waals surface area contributed by atoms with Crippen LogP contribution in [0.25, 0.3) is 11.1 Å². The summed E-state index contributed by atoms with van der Waals surface area (Å²) in [6.07, 6.45) is 2.04. The molecule has 0 spiro atoms. The van der Waals surface area contributed by atoms with Gasteiger partial charge in [0, 0.05) is 35.1 Å². The standard InChI is InChI=1S/C25H19FN6OS2.C4H10O/c1-14-3-5-15(6-4-14)22-18(10-27)23(29)32-24(19(22)11-28)34-12-17-13-35-25(31-17)30-16-7-8-20(26)21(9-16)33-2;1-2-3-4-5/h3-9,13H,12H2,1-2H3,(H2,29,32)(H,30,31);5H,2-4H2,1H3. The molecule has 0 saturated heterocycles. The lowest BCUT2D eigenvalue weighted by molar-refractivity contribution is 0.287. The van der Waals surface area contributed by atoms with Crippen LogP contribution in [-0.4, -0.2) is 28.8 Å². The van der Waals surface area contributed by atoms with Crippen LogP contribution >= 0.6 is 23.1 Å². The van der Waals surface area contributed by atoms with Crippen molar-refractivity contribution in [3.05, 3.63) is 76.0 Å². The van der Waals surface area contributed by atoms with Gasteiger partial charge < -0.3 is 20.9 Å². The number of rotatable bonds is 9. The average molecular weight is 577 g/mol. The molecule has 4 aromatic rings. The third-order valence-corrected chi connectivity index (χ3v) is 7.39. The molecule has 0 radical (unpaired) electrons. The van der Waals surface area contributed by atoms with Crippen molar-refractivity contribution in [1.29, 1.82) is 10.5 Å². The molecule has 0 aliphatic heterocycles. The number of hydrogen-bond donors (Lipinski definition) is 3. The van der Waals surface area contributed by atoms with Crippen molar-refractivity contribution in [2.75, 3.05) is 24.8 Å². The molecule has 8 nitrogen and oxygen atoms in total. The molecule has 11 heteroatoms. The minimum absolute atomic E-state index is 0.0791. The van der Waals surface area contributed by atoms with Crippen LogP contribution in [0.1, 0.15) is 42.1 Å². The Kier molecular flexibility index (Phi) is 11.3. The first-order valence-corrected chi connectivity index (χ1v) is 14.2. The van der Waals surface area contributed by atoms with Gasteiger partial charge in [-0.1, -0.05) is 54.9 Å². The maximum atomic E-state index is 13.6. The first kappa shape index (κ1) is 30.4. The van der Waals surface area contributed by atoms with Crippen molar-refractivity contribution in [2.45, 2.75) is 37.5 Å². The number of nitrogens with zero attached hydrogens (tertiary/aromatic N) is 4. The number of benzene rings is 2. The van der Waals surface area contributed by atoms with Gasteiger partial charge in [-0.05, 0) is 31.0 Å². The van der Waals surface area contributed by atoms with Gasteiger partial charge in [-0.2, -0.15) is 10.5 Å². The van der Waals surface area contributed by atoms with Crippen LogP contribution in [0.5, 0.6) is 5.75 Å². The number of aliphatic hydroxyl groups excluding tert-OH is 1. The average Bonchev–Trinajstić information content (AvgIpc) is 3.41. The van der Waals surface area contributed by atoms with Gasteiger partial charge in [0.25, 0.3) is 0 Å². The van der Waals surface area contributed by atoms with Gasteiger partial charge in [0.15, 0.2) is 16.7 Å². The van der Waals surface area contributed by atoms with E-state index >= 15 is 0 Å². The fraction of sp³-hybridized carbons (Fsp3) is 0.241. The summed E-state index contributed by atoms with van der Waals surface area (Å²) in [7, 11) is 1.41. The van der Waals surface area contributed by atoms with Crippen LogP contribution in [0.3, 0.4) is 0 Å². The van der Waals surface area contributed by atoms with Gasteiger partial charge in [-0.15, -0.1) is 11.3 Å². The van der Waals surface area contributed by atoms with Gasteiger partial charge in [-0.3, -0.25) is 0 Å². The lowest BCUT2D eigenvalue weighted by Crippen LogP contribution is -2.03. The summed E-state index contributed by atoms with van der Waals surface area (Å²) in [5, 5.41) is 33.8. The number of nitrogen functional groups attached to an aromatic ring is 1. The molecule has 40 heavy (non-hydrogen) atoms. The molecule has 0 bridgehead atoms. The number of halogens is 1. The molecule has 2 heterocycles. The summed E-state index contributed by atoms with van der Waals surface area (Å²) >= 11 is 2.72. The zero-order valence-electron chi connectivity index (χ0n) is 22.4. The summed E-state index contributed by atoms with van der Waals surface area (Å²) in [6.45, 7) is 4.36. The zero-order valence-corrected chi connectivity index (χ0v) is 24.0. The quantitative estimate of drug-likeness (QED) is 0.183. The predicted molar refractivity (Wildman–Crippen MR) is 158 cm³/mol. The van der Waals surface area contributed by atoms with E-state index in [-0.39, 0.29) is 17.1 Å². The minimum atomic E-state index is -0.443. The molecule has 0 amide bonds. The summed E-state index contributed by atoms with van der Waals surface area (Å²) in [6, 6.07) is 16.3. The minimum Gasteiger partial charge on any atom is -0.494 e. The number of aliphatic hydroxyl groups is 1. The van der Waals surface area contributed by atoms with E-state index in [1.54, 1.807) is 12.1 Å². The molecule has 0 fully saturated rings. The first-order valence-electron chi connectivity index (χ1n) is 12.3. The number of pyridine rings is 1. The fourth-order valence-corrected chi connectivity index (χ4v) is 5.23. The summed E-state index contributed by atoms with van der Waals surface area (Å²) in [4.78, 5) is 8.90. The van der Waals surface area contributed by atoms with Crippen LogP contribution in [0.4, 0.5) is 21.0 Å². The number of aromatic nitrogens is 2. The third kappa shape index (κ3) is 7.70. The molecular weight excluding hydrogens is 547 g/mol. The van der Waals surface area contributed by atoms with Gasteiger partial charge in [0.2, 0.25) is 0 Å². The van der Waals surface area contributed by atoms with E-state index in [1.807, 2.05) is 36.6 Å². The topological polar surface area (TPSA) is 141 Å². The molecule has 0 atom stereocenters.